The lowest BCUT2D eigenvalue weighted by Crippen LogP contribution is -1.94. The summed E-state index contributed by atoms with van der Waals surface area (Å²) in [5, 5.41) is 28.9. The predicted octanol–water partition coefficient (Wildman–Crippen LogP) is 5.84. The maximum absolute atomic E-state index is 10.8. The van der Waals surface area contributed by atoms with Crippen LogP contribution in [0.25, 0.3) is 11.3 Å². The standard InChI is InChI=1S/C12H10N2O3.C8H7NO3.C4H5N/c15-14(16)10-3-1-2-9(6-10)11-7-13-12(17-11)8-4-5-8;1-6(10)7-3-2-4-8(5-7)9(11)12;5-3-4-1-2-4/h1-3,6-8H,4-5H2;2-5H,1H3;4H,1-2H2. The summed E-state index contributed by atoms with van der Waals surface area (Å²) in [6, 6.07) is 14.2. The van der Waals surface area contributed by atoms with Gasteiger partial charge in [0, 0.05) is 47.2 Å². The van der Waals surface area contributed by atoms with Crippen molar-refractivity contribution in [1.82, 2.24) is 4.98 Å². The maximum atomic E-state index is 10.8. The molecular formula is C24H22N4O6. The number of hydrogen-bond donors (Lipinski definition) is 0. The van der Waals surface area contributed by atoms with Gasteiger partial charge in [0.25, 0.3) is 11.4 Å². The molecule has 0 unspecified atom stereocenters. The van der Waals surface area contributed by atoms with Crippen LogP contribution in [-0.2, 0) is 0 Å². The minimum absolute atomic E-state index is 0.0531. The summed E-state index contributed by atoms with van der Waals surface area (Å²) in [5.74, 6) is 2.05. The van der Waals surface area contributed by atoms with Gasteiger partial charge in [-0.05, 0) is 32.6 Å². The second-order valence-corrected chi connectivity index (χ2v) is 7.91. The van der Waals surface area contributed by atoms with E-state index in [-0.39, 0.29) is 17.2 Å². The summed E-state index contributed by atoms with van der Waals surface area (Å²) in [7, 11) is 0. The van der Waals surface area contributed by atoms with Crippen LogP contribution in [0.1, 0.15) is 54.8 Å². The molecule has 0 saturated heterocycles. The molecule has 1 heterocycles. The van der Waals surface area contributed by atoms with Crippen molar-refractivity contribution in [3.05, 3.63) is 86.4 Å². The molecule has 174 valence electrons. The monoisotopic (exact) mass is 462 g/mol. The zero-order valence-corrected chi connectivity index (χ0v) is 18.4. The molecule has 10 nitrogen and oxygen atoms in total. The van der Waals surface area contributed by atoms with E-state index >= 15 is 0 Å². The van der Waals surface area contributed by atoms with Crippen molar-refractivity contribution in [2.75, 3.05) is 0 Å². The molecule has 2 aliphatic rings. The van der Waals surface area contributed by atoms with Crippen LogP contribution in [0.15, 0.2) is 59.1 Å². The highest BCUT2D eigenvalue weighted by atomic mass is 16.6. The van der Waals surface area contributed by atoms with Crippen LogP contribution >= 0.6 is 0 Å². The van der Waals surface area contributed by atoms with Crippen LogP contribution in [0.2, 0.25) is 0 Å². The molecule has 0 amide bonds. The fourth-order valence-corrected chi connectivity index (χ4v) is 2.76. The number of nitriles is 1. The summed E-state index contributed by atoms with van der Waals surface area (Å²) in [6.07, 6.45) is 6.17. The largest absolute Gasteiger partial charge is 0.440 e. The third-order valence-electron chi connectivity index (χ3n) is 5.02. The van der Waals surface area contributed by atoms with Crippen molar-refractivity contribution in [2.45, 2.75) is 38.5 Å². The van der Waals surface area contributed by atoms with Crippen LogP contribution in [0, 0.1) is 37.5 Å². The van der Waals surface area contributed by atoms with Gasteiger partial charge in [-0.1, -0.05) is 24.3 Å². The van der Waals surface area contributed by atoms with Crippen molar-refractivity contribution in [1.29, 1.82) is 5.26 Å². The third-order valence-corrected chi connectivity index (χ3v) is 5.02. The SMILES string of the molecule is CC(=O)c1cccc([N+](=O)[O-])c1.N#CC1CC1.O=[N+]([O-])c1cccc(-c2cnc(C3CC3)o2)c1. The fourth-order valence-electron chi connectivity index (χ4n) is 2.76. The Hall–Kier alpha value is -4.39. The van der Waals surface area contributed by atoms with Gasteiger partial charge in [-0.3, -0.25) is 25.0 Å². The van der Waals surface area contributed by atoms with Crippen LogP contribution in [0.4, 0.5) is 11.4 Å². The molecular weight excluding hydrogens is 440 g/mol. The molecule has 0 aliphatic heterocycles. The van der Waals surface area contributed by atoms with Crippen LogP contribution < -0.4 is 0 Å². The Bertz CT molecular complexity index is 1210. The van der Waals surface area contributed by atoms with Gasteiger partial charge < -0.3 is 4.42 Å². The number of ketones is 1. The highest BCUT2D eigenvalue weighted by molar-refractivity contribution is 5.94. The lowest BCUT2D eigenvalue weighted by Gasteiger charge is -1.96. The number of carbonyl (C=O) groups excluding carboxylic acids is 1. The summed E-state index contributed by atoms with van der Waals surface area (Å²) in [4.78, 5) is 35.0. The number of non-ortho nitro benzene ring substituents is 2. The molecule has 2 fully saturated rings. The van der Waals surface area contributed by atoms with E-state index in [0.29, 0.717) is 28.7 Å². The molecule has 3 aromatic rings. The molecule has 0 spiro atoms. The molecule has 2 aromatic carbocycles. The van der Waals surface area contributed by atoms with Crippen molar-refractivity contribution < 1.29 is 19.1 Å². The topological polar surface area (TPSA) is 153 Å². The van der Waals surface area contributed by atoms with E-state index in [0.717, 1.165) is 31.6 Å². The Morgan fingerprint density at radius 1 is 1.03 bits per heavy atom. The van der Waals surface area contributed by atoms with Crippen molar-refractivity contribution in [3.63, 3.8) is 0 Å². The van der Waals surface area contributed by atoms with E-state index in [1.165, 1.54) is 37.3 Å². The average Bonchev–Trinajstić information content (AvgIpc) is 3.78. The number of oxazole rings is 1. The molecule has 0 radical (unpaired) electrons. The number of hydrogen-bond acceptors (Lipinski definition) is 8. The molecule has 5 rings (SSSR count). The molecule has 2 aliphatic carbocycles. The molecule has 0 bridgehead atoms. The fraction of sp³-hybridized carbons (Fsp3) is 0.292. The lowest BCUT2D eigenvalue weighted by molar-refractivity contribution is -0.385. The predicted molar refractivity (Wildman–Crippen MR) is 122 cm³/mol. The summed E-state index contributed by atoms with van der Waals surface area (Å²) < 4.78 is 5.59. The van der Waals surface area contributed by atoms with Crippen molar-refractivity contribution >= 4 is 17.2 Å². The maximum Gasteiger partial charge on any atom is 0.270 e. The lowest BCUT2D eigenvalue weighted by atomic mass is 10.1. The molecule has 10 heteroatoms. The van der Waals surface area contributed by atoms with Gasteiger partial charge in [0.1, 0.15) is 0 Å². The number of carbonyl (C=O) groups is 1. The van der Waals surface area contributed by atoms with Gasteiger partial charge in [0.15, 0.2) is 17.4 Å². The Morgan fingerprint density at radius 3 is 2.15 bits per heavy atom. The Balaban J connectivity index is 0.000000165. The minimum Gasteiger partial charge on any atom is -0.440 e. The number of rotatable bonds is 5. The first-order valence-corrected chi connectivity index (χ1v) is 10.6. The van der Waals surface area contributed by atoms with E-state index in [1.807, 2.05) is 0 Å². The van der Waals surface area contributed by atoms with Gasteiger partial charge in [0.05, 0.1) is 22.1 Å². The number of nitro groups is 2. The van der Waals surface area contributed by atoms with Crippen molar-refractivity contribution in [2.24, 2.45) is 5.92 Å². The summed E-state index contributed by atoms with van der Waals surface area (Å²) in [6.45, 7) is 1.37. The number of aromatic nitrogens is 1. The quantitative estimate of drug-likeness (QED) is 0.260. The highest BCUT2D eigenvalue weighted by Gasteiger charge is 2.28. The number of nitrogens with zero attached hydrogens (tertiary/aromatic N) is 4. The Kier molecular flexibility index (Phi) is 7.82. The number of Topliss-reactive ketones (excluding diaryl/α,β-unsaturated/α-hetero) is 1. The highest BCUT2D eigenvalue weighted by Crippen LogP contribution is 2.40. The smallest absolute Gasteiger partial charge is 0.270 e. The third kappa shape index (κ3) is 7.06. The zero-order chi connectivity index (χ0) is 24.7. The van der Waals surface area contributed by atoms with E-state index < -0.39 is 9.85 Å². The van der Waals surface area contributed by atoms with E-state index in [2.05, 4.69) is 11.1 Å². The Morgan fingerprint density at radius 2 is 1.65 bits per heavy atom. The van der Waals surface area contributed by atoms with Gasteiger partial charge in [-0.2, -0.15) is 5.26 Å². The second-order valence-electron chi connectivity index (χ2n) is 7.91. The molecule has 0 N–H and O–H groups in total. The molecule has 1 aromatic heterocycles. The first-order chi connectivity index (χ1) is 16.3. The van der Waals surface area contributed by atoms with Crippen LogP contribution in [-0.4, -0.2) is 20.6 Å². The Labute approximate surface area is 195 Å². The first-order valence-electron chi connectivity index (χ1n) is 10.6. The zero-order valence-electron chi connectivity index (χ0n) is 18.4. The van der Waals surface area contributed by atoms with Gasteiger partial charge in [-0.15, -0.1) is 0 Å². The first kappa shape index (κ1) is 24.3. The van der Waals surface area contributed by atoms with Crippen molar-refractivity contribution in [3.8, 4) is 17.4 Å². The summed E-state index contributed by atoms with van der Waals surface area (Å²) >= 11 is 0. The van der Waals surface area contributed by atoms with E-state index in [9.17, 15) is 25.0 Å². The van der Waals surface area contributed by atoms with Gasteiger partial charge in [0.2, 0.25) is 0 Å². The van der Waals surface area contributed by atoms with E-state index in [1.54, 1.807) is 24.4 Å². The van der Waals surface area contributed by atoms with E-state index in [4.69, 9.17) is 9.68 Å². The summed E-state index contributed by atoms with van der Waals surface area (Å²) in [5.41, 5.74) is 1.07. The second kappa shape index (κ2) is 11.0. The average molecular weight is 462 g/mol. The minimum atomic E-state index is -0.521. The molecule has 34 heavy (non-hydrogen) atoms. The number of benzene rings is 2. The van der Waals surface area contributed by atoms with Gasteiger partial charge >= 0.3 is 0 Å². The van der Waals surface area contributed by atoms with Gasteiger partial charge in [-0.25, -0.2) is 4.98 Å². The normalized spacial score (nSPS) is 13.9. The van der Waals surface area contributed by atoms with Crippen LogP contribution in [0.5, 0.6) is 0 Å². The molecule has 0 atom stereocenters. The molecule has 2 saturated carbocycles. The number of nitro benzene ring substituents is 2. The van der Waals surface area contributed by atoms with Crippen LogP contribution in [0.3, 0.4) is 0 Å².